The van der Waals surface area contributed by atoms with Crippen molar-refractivity contribution in [2.45, 2.75) is 83.8 Å². The van der Waals surface area contributed by atoms with Crippen LogP contribution in [-0.2, 0) is 40.1 Å². The Hall–Kier alpha value is -4.56. The van der Waals surface area contributed by atoms with Crippen LogP contribution in [0.2, 0.25) is 0 Å². The lowest BCUT2D eigenvalue weighted by atomic mass is 10.0. The molecule has 3 aliphatic rings. The summed E-state index contributed by atoms with van der Waals surface area (Å²) in [5.41, 5.74) is 2.31. The van der Waals surface area contributed by atoms with Crippen molar-refractivity contribution >= 4 is 41.3 Å². The molecular formula is C34H46N6O8. The van der Waals surface area contributed by atoms with Crippen molar-refractivity contribution < 1.29 is 38.2 Å². The molecule has 0 radical (unpaired) electrons. The number of carbonyl (C=O) groups excluding carboxylic acids is 6. The fourth-order valence-electron chi connectivity index (χ4n) is 5.65. The molecule has 6 amide bonds. The average molecular weight is 667 g/mol. The summed E-state index contributed by atoms with van der Waals surface area (Å²) in [5.74, 6) is -2.10. The van der Waals surface area contributed by atoms with Gasteiger partial charge in [0.2, 0.25) is 17.7 Å². The third kappa shape index (κ3) is 9.97. The van der Waals surface area contributed by atoms with E-state index in [1.807, 2.05) is 0 Å². The van der Waals surface area contributed by atoms with Gasteiger partial charge < -0.3 is 30.7 Å². The van der Waals surface area contributed by atoms with Gasteiger partial charge in [-0.05, 0) is 49.8 Å². The normalized spacial score (nSPS) is 20.3. The molecule has 1 unspecified atom stereocenters. The van der Waals surface area contributed by atoms with Gasteiger partial charge in [0, 0.05) is 37.3 Å². The van der Waals surface area contributed by atoms with E-state index in [0.29, 0.717) is 51.2 Å². The summed E-state index contributed by atoms with van der Waals surface area (Å²) in [5, 5.41) is 11.5. The van der Waals surface area contributed by atoms with Crippen LogP contribution >= 0.6 is 0 Å². The summed E-state index contributed by atoms with van der Waals surface area (Å²) in [6, 6.07) is 5.10. The zero-order valence-corrected chi connectivity index (χ0v) is 27.8. The lowest BCUT2D eigenvalue weighted by Gasteiger charge is -2.27. The summed E-state index contributed by atoms with van der Waals surface area (Å²) in [6.07, 6.45) is 4.30. The summed E-state index contributed by atoms with van der Waals surface area (Å²) in [7, 11) is 0. The first kappa shape index (κ1) is 36.3. The topological polar surface area (TPSA) is 175 Å². The molecule has 0 spiro atoms. The fourth-order valence-corrected chi connectivity index (χ4v) is 5.65. The molecule has 4 N–H and O–H groups in total. The van der Waals surface area contributed by atoms with E-state index in [0.717, 1.165) is 17.6 Å². The highest BCUT2D eigenvalue weighted by atomic mass is 16.6. The quantitative estimate of drug-likeness (QED) is 0.124. The first-order chi connectivity index (χ1) is 22.9. The minimum atomic E-state index is -0.885. The molecule has 2 fully saturated rings. The lowest BCUT2D eigenvalue weighted by Crippen LogP contribution is -2.53. The maximum absolute atomic E-state index is 13.0. The maximum Gasteiger partial charge on any atom is 0.412 e. The van der Waals surface area contributed by atoms with Crippen LogP contribution in [-0.4, -0.2) is 96.0 Å². The Morgan fingerprint density at radius 1 is 1.00 bits per heavy atom. The number of nitrogens with zero attached hydrogens (tertiary/aromatic N) is 2. The molecule has 14 heteroatoms. The first-order valence-electron chi connectivity index (χ1n) is 16.4. The highest BCUT2D eigenvalue weighted by Gasteiger charge is 2.38. The van der Waals surface area contributed by atoms with E-state index >= 15 is 0 Å². The van der Waals surface area contributed by atoms with Crippen LogP contribution in [0.15, 0.2) is 48.6 Å². The van der Waals surface area contributed by atoms with Crippen molar-refractivity contribution in [2.24, 2.45) is 5.92 Å². The molecule has 14 nitrogen and oxygen atoms in total. The van der Waals surface area contributed by atoms with Crippen molar-refractivity contribution in [3.05, 3.63) is 54.1 Å². The van der Waals surface area contributed by atoms with Gasteiger partial charge in [-0.3, -0.25) is 33.8 Å². The van der Waals surface area contributed by atoms with E-state index in [9.17, 15) is 28.8 Å². The van der Waals surface area contributed by atoms with Gasteiger partial charge in [0.05, 0.1) is 19.2 Å². The van der Waals surface area contributed by atoms with Gasteiger partial charge in [-0.15, -0.1) is 0 Å². The first-order valence-corrected chi connectivity index (χ1v) is 16.4. The smallest absolute Gasteiger partial charge is 0.412 e. The number of rotatable bonds is 15. The maximum atomic E-state index is 13.0. The number of imide groups is 1. The highest BCUT2D eigenvalue weighted by Crippen LogP contribution is 2.23. The summed E-state index contributed by atoms with van der Waals surface area (Å²) in [6.45, 7) is 11.1. The number of carbonyl (C=O) groups is 6. The van der Waals surface area contributed by atoms with Crippen molar-refractivity contribution in [3.63, 3.8) is 0 Å². The predicted molar refractivity (Wildman–Crippen MR) is 176 cm³/mol. The van der Waals surface area contributed by atoms with Crippen molar-refractivity contribution in [3.8, 4) is 0 Å². The Balaban J connectivity index is 1.16. The zero-order valence-electron chi connectivity index (χ0n) is 27.8. The van der Waals surface area contributed by atoms with Gasteiger partial charge in [0.1, 0.15) is 18.7 Å². The fraction of sp³-hybridized carbons (Fsp3) is 0.529. The Labute approximate surface area is 280 Å². The number of nitrogens with one attached hydrogen (secondary N) is 4. The zero-order chi connectivity index (χ0) is 34.8. The Morgan fingerprint density at radius 3 is 2.35 bits per heavy atom. The van der Waals surface area contributed by atoms with Crippen LogP contribution in [0.3, 0.4) is 0 Å². The van der Waals surface area contributed by atoms with Crippen LogP contribution in [0.5, 0.6) is 0 Å². The second kappa shape index (κ2) is 17.0. The number of unbranched alkanes of at least 4 members (excludes halogenated alkanes) is 2. The van der Waals surface area contributed by atoms with Gasteiger partial charge in [-0.2, -0.15) is 0 Å². The molecule has 0 saturated carbocycles. The van der Waals surface area contributed by atoms with Gasteiger partial charge in [-0.25, -0.2) is 4.79 Å². The molecule has 4 atom stereocenters. The van der Waals surface area contributed by atoms with Gasteiger partial charge >= 0.3 is 6.09 Å². The van der Waals surface area contributed by atoms with E-state index < -0.39 is 36.2 Å². The third-order valence-electron chi connectivity index (χ3n) is 8.42. The van der Waals surface area contributed by atoms with E-state index in [1.54, 1.807) is 49.9 Å². The molecule has 3 aliphatic heterocycles. The molecule has 2 saturated heterocycles. The van der Waals surface area contributed by atoms with Crippen molar-refractivity contribution in [2.75, 3.05) is 31.6 Å². The minimum Gasteiger partial charge on any atom is -0.444 e. The molecule has 3 heterocycles. The molecule has 0 aliphatic carbocycles. The number of benzene rings is 1. The number of ether oxygens (including phenoxy) is 2. The van der Waals surface area contributed by atoms with Gasteiger partial charge in [0.25, 0.3) is 11.8 Å². The van der Waals surface area contributed by atoms with Crippen LogP contribution in [0.4, 0.5) is 10.5 Å². The molecule has 1 aromatic carbocycles. The monoisotopic (exact) mass is 666 g/mol. The third-order valence-corrected chi connectivity index (χ3v) is 8.42. The highest BCUT2D eigenvalue weighted by molar-refractivity contribution is 6.12. The Morgan fingerprint density at radius 2 is 1.71 bits per heavy atom. The summed E-state index contributed by atoms with van der Waals surface area (Å²) < 4.78 is 11.3. The largest absolute Gasteiger partial charge is 0.444 e. The van der Waals surface area contributed by atoms with E-state index in [4.69, 9.17) is 9.47 Å². The van der Waals surface area contributed by atoms with Crippen LogP contribution in [0.1, 0.15) is 58.4 Å². The molecule has 0 bridgehead atoms. The summed E-state index contributed by atoms with van der Waals surface area (Å²) >= 11 is 0. The number of amides is 6. The van der Waals surface area contributed by atoms with Crippen molar-refractivity contribution in [1.29, 1.82) is 0 Å². The standard InChI is InChI=1S/C34H46N6O8/c1-21(2)30(38-27(41)8-6-5-7-15-39-28(42)13-14-29(39)43)32(45)36-23(4)31(44)37-25-11-9-24(10-12-25)20-48-34(46)40-16-17-47-33(40)26-18-22(3)19-35-26/h9-14,21,23,26,30,33,35H,3,5-8,15-20H2,1-2,4H3,(H,36,45)(H,37,44)(H,38,41)/t23-,26-,30-,33?/m0/s1. The molecule has 0 aromatic heterocycles. The van der Waals surface area contributed by atoms with E-state index in [1.165, 1.54) is 17.1 Å². The molecule has 48 heavy (non-hydrogen) atoms. The Bertz CT molecular complexity index is 1390. The molecule has 4 rings (SSSR count). The number of hydrogen-bond donors (Lipinski definition) is 4. The molecular weight excluding hydrogens is 620 g/mol. The average Bonchev–Trinajstić information content (AvgIpc) is 3.79. The van der Waals surface area contributed by atoms with Crippen LogP contribution in [0.25, 0.3) is 0 Å². The van der Waals surface area contributed by atoms with E-state index in [-0.39, 0.29) is 42.7 Å². The van der Waals surface area contributed by atoms with Gasteiger partial charge in [0.15, 0.2) is 6.23 Å². The summed E-state index contributed by atoms with van der Waals surface area (Å²) in [4.78, 5) is 77.2. The SMILES string of the molecule is C=C1CN[C@H](C2OCCN2C(=O)OCc2ccc(NC(=O)[C@H](C)NC(=O)[C@@H](NC(=O)CCCCCN3C(=O)C=CC3=O)C(C)C)cc2)C1. The van der Waals surface area contributed by atoms with Crippen LogP contribution < -0.4 is 21.3 Å². The van der Waals surface area contributed by atoms with Crippen molar-refractivity contribution in [1.82, 2.24) is 25.8 Å². The second-order valence-corrected chi connectivity index (χ2v) is 12.6. The Kier molecular flexibility index (Phi) is 12.9. The van der Waals surface area contributed by atoms with E-state index in [2.05, 4.69) is 27.8 Å². The van der Waals surface area contributed by atoms with Gasteiger partial charge in [-0.1, -0.05) is 44.6 Å². The molecule has 1 aromatic rings. The second-order valence-electron chi connectivity index (χ2n) is 12.6. The van der Waals surface area contributed by atoms with Crippen LogP contribution in [0, 0.1) is 5.92 Å². The number of anilines is 1. The molecule has 260 valence electrons. The number of hydrogen-bond acceptors (Lipinski definition) is 9. The predicted octanol–water partition coefficient (Wildman–Crippen LogP) is 1.97. The minimum absolute atomic E-state index is 0.00781. The lowest BCUT2D eigenvalue weighted by molar-refractivity contribution is -0.137.